The second kappa shape index (κ2) is 8.65. The fourth-order valence-electron chi connectivity index (χ4n) is 3.37. The Morgan fingerprint density at radius 2 is 1.69 bits per heavy atom. The Hall–Kier alpha value is -2.22. The summed E-state index contributed by atoms with van der Waals surface area (Å²) in [6, 6.07) is 12.2. The van der Waals surface area contributed by atoms with Crippen molar-refractivity contribution in [2.45, 2.75) is 31.7 Å². The van der Waals surface area contributed by atoms with E-state index >= 15 is 0 Å². The molecule has 2 aromatic carbocycles. The van der Waals surface area contributed by atoms with Crippen LogP contribution >= 0.6 is 0 Å². The van der Waals surface area contributed by atoms with Crippen molar-refractivity contribution >= 4 is 15.9 Å². The van der Waals surface area contributed by atoms with Gasteiger partial charge in [0.25, 0.3) is 5.91 Å². The van der Waals surface area contributed by atoms with Gasteiger partial charge in [-0.15, -0.1) is 0 Å². The third-order valence-electron chi connectivity index (χ3n) is 5.57. The molecule has 1 N–H and O–H groups in total. The Morgan fingerprint density at radius 1 is 1.00 bits per heavy atom. The Labute approximate surface area is 173 Å². The lowest BCUT2D eigenvalue weighted by atomic mass is 10.0. The van der Waals surface area contributed by atoms with E-state index in [0.29, 0.717) is 31.7 Å². The van der Waals surface area contributed by atoms with Crippen LogP contribution in [0.25, 0.3) is 0 Å². The van der Waals surface area contributed by atoms with E-state index < -0.39 is 10.0 Å². The number of nitrogens with one attached hydrogen (secondary N) is 1. The first-order chi connectivity index (χ1) is 13.7. The maximum atomic E-state index is 13.0. The van der Waals surface area contributed by atoms with Crippen molar-refractivity contribution in [2.75, 3.05) is 33.2 Å². The zero-order chi connectivity index (χ0) is 21.2. The summed E-state index contributed by atoms with van der Waals surface area (Å²) in [5.74, 6) is -0.286. The lowest BCUT2D eigenvalue weighted by Crippen LogP contribution is -2.47. The van der Waals surface area contributed by atoms with Crippen LogP contribution in [0.1, 0.15) is 40.0 Å². The van der Waals surface area contributed by atoms with Gasteiger partial charge in [0.2, 0.25) is 10.0 Å². The van der Waals surface area contributed by atoms with E-state index in [2.05, 4.69) is 23.2 Å². The van der Waals surface area contributed by atoms with E-state index in [1.165, 1.54) is 21.5 Å². The highest BCUT2D eigenvalue weighted by atomic mass is 32.2. The average molecular weight is 416 g/mol. The fourth-order valence-corrected chi connectivity index (χ4v) is 4.84. The highest BCUT2D eigenvalue weighted by Crippen LogP contribution is 2.20. The zero-order valence-corrected chi connectivity index (χ0v) is 18.3. The van der Waals surface area contributed by atoms with E-state index in [-0.39, 0.29) is 16.8 Å². The van der Waals surface area contributed by atoms with Gasteiger partial charge in [-0.05, 0) is 62.7 Å². The molecule has 1 aliphatic heterocycles. The molecule has 6 nitrogen and oxygen atoms in total. The Morgan fingerprint density at radius 3 is 2.34 bits per heavy atom. The van der Waals surface area contributed by atoms with Crippen LogP contribution < -0.4 is 5.32 Å². The molecule has 29 heavy (non-hydrogen) atoms. The number of likely N-dealkylation sites (N-methyl/N-ethyl adjacent to an activating group) is 1. The molecule has 7 heteroatoms. The standard InChI is InChI=1S/C22H29N3O3S/c1-16-8-9-19(14-17(16)2)18(3)23-22(26)20-6-5-7-21(15-20)29(27,28)25-12-10-24(4)11-13-25/h5-9,14-15,18H,10-13H2,1-4H3,(H,23,26). The SMILES string of the molecule is Cc1ccc(C(C)NC(=O)c2cccc(S(=O)(=O)N3CCN(C)CC3)c2)cc1C. The minimum Gasteiger partial charge on any atom is -0.346 e. The molecule has 1 heterocycles. The van der Waals surface area contributed by atoms with Gasteiger partial charge in [0.05, 0.1) is 10.9 Å². The Kier molecular flexibility index (Phi) is 6.41. The summed E-state index contributed by atoms with van der Waals surface area (Å²) in [6.07, 6.45) is 0. The van der Waals surface area contributed by atoms with Crippen molar-refractivity contribution < 1.29 is 13.2 Å². The number of carbonyl (C=O) groups excluding carboxylic acids is 1. The summed E-state index contributed by atoms with van der Waals surface area (Å²) >= 11 is 0. The topological polar surface area (TPSA) is 69.7 Å². The number of benzene rings is 2. The highest BCUT2D eigenvalue weighted by molar-refractivity contribution is 7.89. The van der Waals surface area contributed by atoms with Crippen molar-refractivity contribution in [1.82, 2.24) is 14.5 Å². The second-order valence-electron chi connectivity index (χ2n) is 7.77. The lowest BCUT2D eigenvalue weighted by molar-refractivity contribution is 0.0939. The van der Waals surface area contributed by atoms with Crippen molar-refractivity contribution in [2.24, 2.45) is 0 Å². The van der Waals surface area contributed by atoms with Crippen molar-refractivity contribution in [3.05, 3.63) is 64.7 Å². The predicted molar refractivity (Wildman–Crippen MR) is 114 cm³/mol. The Bertz CT molecular complexity index is 996. The molecule has 1 amide bonds. The second-order valence-corrected chi connectivity index (χ2v) is 9.71. The molecule has 0 spiro atoms. The lowest BCUT2D eigenvalue weighted by Gasteiger charge is -2.31. The first kappa shape index (κ1) is 21.5. The van der Waals surface area contributed by atoms with E-state index in [1.807, 2.05) is 33.0 Å². The molecule has 1 fully saturated rings. The number of hydrogen-bond acceptors (Lipinski definition) is 4. The number of aryl methyl sites for hydroxylation is 2. The summed E-state index contributed by atoms with van der Waals surface area (Å²) in [4.78, 5) is 15.0. The van der Waals surface area contributed by atoms with Crippen molar-refractivity contribution in [3.8, 4) is 0 Å². The third kappa shape index (κ3) is 4.86. The largest absolute Gasteiger partial charge is 0.346 e. The summed E-state index contributed by atoms with van der Waals surface area (Å²) < 4.78 is 27.4. The smallest absolute Gasteiger partial charge is 0.251 e. The molecule has 1 saturated heterocycles. The van der Waals surface area contributed by atoms with E-state index in [4.69, 9.17) is 0 Å². The molecule has 1 aliphatic rings. The summed E-state index contributed by atoms with van der Waals surface area (Å²) in [7, 11) is -1.63. The Balaban J connectivity index is 1.76. The number of rotatable bonds is 5. The molecule has 0 bridgehead atoms. The van der Waals surface area contributed by atoms with Gasteiger partial charge in [0.1, 0.15) is 0 Å². The molecular formula is C22H29N3O3S. The molecule has 3 rings (SSSR count). The van der Waals surface area contributed by atoms with E-state index in [0.717, 1.165) is 5.56 Å². The molecule has 0 radical (unpaired) electrons. The number of nitrogens with zero attached hydrogens (tertiary/aromatic N) is 2. The fraction of sp³-hybridized carbons (Fsp3) is 0.409. The van der Waals surface area contributed by atoms with Gasteiger partial charge < -0.3 is 10.2 Å². The van der Waals surface area contributed by atoms with E-state index in [1.54, 1.807) is 18.2 Å². The predicted octanol–water partition coefficient (Wildman–Crippen LogP) is 2.73. The van der Waals surface area contributed by atoms with Gasteiger partial charge in [-0.3, -0.25) is 4.79 Å². The average Bonchev–Trinajstić information content (AvgIpc) is 2.70. The molecular weight excluding hydrogens is 386 g/mol. The molecule has 0 aliphatic carbocycles. The molecule has 1 atom stereocenters. The van der Waals surface area contributed by atoms with Gasteiger partial charge >= 0.3 is 0 Å². The van der Waals surface area contributed by atoms with Gasteiger partial charge in [0, 0.05) is 31.7 Å². The molecule has 2 aromatic rings. The minimum atomic E-state index is -3.61. The maximum absolute atomic E-state index is 13.0. The van der Waals surface area contributed by atoms with Gasteiger partial charge in [0.15, 0.2) is 0 Å². The van der Waals surface area contributed by atoms with Gasteiger partial charge in [-0.2, -0.15) is 4.31 Å². The third-order valence-corrected chi connectivity index (χ3v) is 7.47. The normalized spacial score (nSPS) is 17.1. The van der Waals surface area contributed by atoms with Crippen molar-refractivity contribution in [3.63, 3.8) is 0 Å². The van der Waals surface area contributed by atoms with Crippen LogP contribution in [-0.2, 0) is 10.0 Å². The number of carbonyl (C=O) groups is 1. The number of sulfonamides is 1. The van der Waals surface area contributed by atoms with Crippen LogP contribution in [0.15, 0.2) is 47.4 Å². The van der Waals surface area contributed by atoms with E-state index in [9.17, 15) is 13.2 Å². The number of amides is 1. The first-order valence-corrected chi connectivity index (χ1v) is 11.3. The van der Waals surface area contributed by atoms with Gasteiger partial charge in [-0.25, -0.2) is 8.42 Å². The molecule has 0 saturated carbocycles. The quantitative estimate of drug-likeness (QED) is 0.815. The summed E-state index contributed by atoms with van der Waals surface area (Å²) in [5, 5.41) is 2.97. The van der Waals surface area contributed by atoms with Crippen LogP contribution in [-0.4, -0.2) is 56.8 Å². The van der Waals surface area contributed by atoms with Crippen LogP contribution in [0.2, 0.25) is 0 Å². The van der Waals surface area contributed by atoms with Crippen LogP contribution in [0.5, 0.6) is 0 Å². The maximum Gasteiger partial charge on any atom is 0.251 e. The van der Waals surface area contributed by atoms with Crippen LogP contribution in [0.3, 0.4) is 0 Å². The monoisotopic (exact) mass is 415 g/mol. The number of hydrogen-bond donors (Lipinski definition) is 1. The van der Waals surface area contributed by atoms with Gasteiger partial charge in [-0.1, -0.05) is 24.3 Å². The number of piperazine rings is 1. The highest BCUT2D eigenvalue weighted by Gasteiger charge is 2.28. The minimum absolute atomic E-state index is 0.161. The van der Waals surface area contributed by atoms with Crippen molar-refractivity contribution in [1.29, 1.82) is 0 Å². The molecule has 0 aromatic heterocycles. The zero-order valence-electron chi connectivity index (χ0n) is 17.5. The summed E-state index contributed by atoms with van der Waals surface area (Å²) in [5.41, 5.74) is 3.73. The molecule has 1 unspecified atom stereocenters. The van der Waals surface area contributed by atoms with Crippen LogP contribution in [0.4, 0.5) is 0 Å². The molecule has 156 valence electrons. The van der Waals surface area contributed by atoms with Crippen LogP contribution in [0, 0.1) is 13.8 Å². The first-order valence-electron chi connectivity index (χ1n) is 9.85. The summed E-state index contributed by atoms with van der Waals surface area (Å²) in [6.45, 7) is 8.33.